The summed E-state index contributed by atoms with van der Waals surface area (Å²) >= 11 is 0. The van der Waals surface area contributed by atoms with Crippen LogP contribution in [-0.4, -0.2) is 42.5 Å². The third kappa shape index (κ3) is 2.31. The molecule has 10 heteroatoms. The van der Waals surface area contributed by atoms with Crippen molar-refractivity contribution in [2.45, 2.75) is 6.67 Å². The lowest BCUT2D eigenvalue weighted by Gasteiger charge is -1.97. The van der Waals surface area contributed by atoms with Crippen molar-refractivity contribution in [2.24, 2.45) is 0 Å². The van der Waals surface area contributed by atoms with Crippen LogP contribution >= 0.6 is 0 Å². The number of carbonyl (C=O) groups excluding carboxylic acids is 1. The summed E-state index contributed by atoms with van der Waals surface area (Å²) in [5.41, 5.74) is 0.145. The lowest BCUT2D eigenvalue weighted by Crippen LogP contribution is -2.11. The molecule has 2 aromatic heterocycles. The lowest BCUT2D eigenvalue weighted by atomic mass is 10.4. The van der Waals surface area contributed by atoms with Gasteiger partial charge in [0.15, 0.2) is 12.4 Å². The minimum absolute atomic E-state index is 0.109. The molecule has 0 aromatic carbocycles. The average Bonchev–Trinajstić information content (AvgIpc) is 2.98. The van der Waals surface area contributed by atoms with Crippen LogP contribution in [0.2, 0.25) is 0 Å². The second kappa shape index (κ2) is 4.61. The van der Waals surface area contributed by atoms with E-state index in [2.05, 4.69) is 19.9 Å². The molecule has 0 radical (unpaired) electrons. The molecule has 0 amide bonds. The summed E-state index contributed by atoms with van der Waals surface area (Å²) in [4.78, 5) is 24.3. The first-order valence-corrected chi connectivity index (χ1v) is 4.76. The van der Waals surface area contributed by atoms with Gasteiger partial charge < -0.3 is 14.9 Å². The van der Waals surface area contributed by atoms with Gasteiger partial charge in [0.05, 0.1) is 7.11 Å². The van der Waals surface area contributed by atoms with Gasteiger partial charge in [0.25, 0.3) is 0 Å². The molecule has 2 rings (SSSR count). The predicted octanol–water partition coefficient (Wildman–Crippen LogP) is -0.325. The smallest absolute Gasteiger partial charge is 0.464 e. The summed E-state index contributed by atoms with van der Waals surface area (Å²) in [7, 11) is 1.25. The molecule has 0 saturated heterocycles. The summed E-state index contributed by atoms with van der Waals surface area (Å²) in [6.07, 6.45) is 2.73. The van der Waals surface area contributed by atoms with Crippen molar-refractivity contribution in [3.05, 3.63) is 34.4 Å². The first-order chi connectivity index (χ1) is 8.60. The monoisotopic (exact) mass is 252 g/mol. The molecule has 2 aromatic rings. The minimum atomic E-state index is -0.695. The molecule has 0 saturated carbocycles. The molecule has 0 aliphatic carbocycles. The van der Waals surface area contributed by atoms with Crippen molar-refractivity contribution in [1.82, 2.24) is 24.5 Å². The van der Waals surface area contributed by atoms with Crippen molar-refractivity contribution < 1.29 is 14.5 Å². The average molecular weight is 252 g/mol. The third-order valence-electron chi connectivity index (χ3n) is 2.01. The maximum Gasteiger partial charge on any atom is 0.491 e. The van der Waals surface area contributed by atoms with Gasteiger partial charge in [0, 0.05) is 11.3 Å². The minimum Gasteiger partial charge on any atom is -0.464 e. The SMILES string of the molecule is COC(=O)c1ccn(Cn2cnc([N+](=O)[O-])n2)n1. The predicted molar refractivity (Wildman–Crippen MR) is 55.6 cm³/mol. The Hall–Kier alpha value is -2.78. The molecule has 94 valence electrons. The fraction of sp³-hybridized carbons (Fsp3) is 0.250. The quantitative estimate of drug-likeness (QED) is 0.415. The highest BCUT2D eigenvalue weighted by Crippen LogP contribution is 2.01. The van der Waals surface area contributed by atoms with Gasteiger partial charge in [-0.2, -0.15) is 9.78 Å². The van der Waals surface area contributed by atoms with E-state index in [0.717, 1.165) is 0 Å². The standard InChI is InChI=1S/C8H8N6O4/c1-18-7(15)6-2-3-12(10-6)5-13-4-9-8(11-13)14(16)17/h2-4H,5H2,1H3. The Kier molecular flexibility index (Phi) is 3.00. The van der Waals surface area contributed by atoms with Gasteiger partial charge in [-0.15, -0.1) is 0 Å². The van der Waals surface area contributed by atoms with Gasteiger partial charge in [-0.05, 0) is 11.0 Å². The number of esters is 1. The molecule has 2 heterocycles. The van der Waals surface area contributed by atoms with E-state index in [1.54, 1.807) is 0 Å². The van der Waals surface area contributed by atoms with E-state index in [1.165, 1.54) is 35.1 Å². The zero-order chi connectivity index (χ0) is 13.1. The zero-order valence-corrected chi connectivity index (χ0v) is 9.26. The van der Waals surface area contributed by atoms with Crippen LogP contribution in [0.4, 0.5) is 5.95 Å². The molecule has 18 heavy (non-hydrogen) atoms. The van der Waals surface area contributed by atoms with E-state index < -0.39 is 16.8 Å². The summed E-state index contributed by atoms with van der Waals surface area (Å²) in [6.45, 7) is 0.109. The zero-order valence-electron chi connectivity index (χ0n) is 9.26. The Bertz CT molecular complexity index is 588. The van der Waals surface area contributed by atoms with Gasteiger partial charge in [0.2, 0.25) is 6.33 Å². The number of hydrogen-bond acceptors (Lipinski definition) is 7. The number of ether oxygens (including phenoxy) is 1. The lowest BCUT2D eigenvalue weighted by molar-refractivity contribution is -0.394. The molecule has 0 aliphatic heterocycles. The Morgan fingerprint density at radius 2 is 2.28 bits per heavy atom. The number of nitrogens with zero attached hydrogens (tertiary/aromatic N) is 6. The Balaban J connectivity index is 2.11. The van der Waals surface area contributed by atoms with Crippen molar-refractivity contribution in [1.29, 1.82) is 0 Å². The topological polar surface area (TPSA) is 118 Å². The van der Waals surface area contributed by atoms with Crippen molar-refractivity contribution >= 4 is 11.9 Å². The first kappa shape index (κ1) is 11.7. The molecular weight excluding hydrogens is 244 g/mol. The van der Waals surface area contributed by atoms with Gasteiger partial charge in [-0.3, -0.25) is 0 Å². The van der Waals surface area contributed by atoms with E-state index in [0.29, 0.717) is 0 Å². The van der Waals surface area contributed by atoms with Crippen LogP contribution in [0, 0.1) is 10.1 Å². The summed E-state index contributed by atoms with van der Waals surface area (Å²) in [6, 6.07) is 1.47. The van der Waals surface area contributed by atoms with Gasteiger partial charge in [-0.25, -0.2) is 9.48 Å². The summed E-state index contributed by atoms with van der Waals surface area (Å²) < 4.78 is 7.10. The highest BCUT2D eigenvalue weighted by molar-refractivity contribution is 5.86. The third-order valence-corrected chi connectivity index (χ3v) is 2.01. The second-order valence-corrected chi connectivity index (χ2v) is 3.21. The van der Waals surface area contributed by atoms with E-state index >= 15 is 0 Å². The number of nitro groups is 1. The number of rotatable bonds is 4. The Labute approximate surface area is 99.9 Å². The Morgan fingerprint density at radius 1 is 1.50 bits per heavy atom. The van der Waals surface area contributed by atoms with Crippen LogP contribution in [0.1, 0.15) is 10.5 Å². The maximum atomic E-state index is 11.2. The fourth-order valence-corrected chi connectivity index (χ4v) is 1.24. The van der Waals surface area contributed by atoms with Crippen molar-refractivity contribution in [2.75, 3.05) is 7.11 Å². The Morgan fingerprint density at radius 3 is 2.89 bits per heavy atom. The van der Waals surface area contributed by atoms with E-state index in [-0.39, 0.29) is 12.4 Å². The van der Waals surface area contributed by atoms with Crippen LogP contribution in [0.3, 0.4) is 0 Å². The molecule has 10 nitrogen and oxygen atoms in total. The number of methoxy groups -OCH3 is 1. The van der Waals surface area contributed by atoms with Gasteiger partial charge >= 0.3 is 11.9 Å². The molecule has 0 N–H and O–H groups in total. The van der Waals surface area contributed by atoms with E-state index in [1.807, 2.05) is 0 Å². The van der Waals surface area contributed by atoms with E-state index in [4.69, 9.17) is 0 Å². The van der Waals surface area contributed by atoms with Gasteiger partial charge in [-0.1, -0.05) is 4.98 Å². The largest absolute Gasteiger partial charge is 0.491 e. The molecule has 0 unspecified atom stereocenters. The normalized spacial score (nSPS) is 10.3. The molecule has 0 fully saturated rings. The van der Waals surface area contributed by atoms with Crippen LogP contribution in [0.15, 0.2) is 18.6 Å². The number of carbonyl (C=O) groups is 1. The number of aromatic nitrogens is 5. The molecule has 0 aliphatic rings. The molecule has 0 bridgehead atoms. The van der Waals surface area contributed by atoms with Crippen LogP contribution in [0.25, 0.3) is 0 Å². The maximum absolute atomic E-state index is 11.2. The van der Waals surface area contributed by atoms with Crippen molar-refractivity contribution in [3.63, 3.8) is 0 Å². The van der Waals surface area contributed by atoms with Crippen LogP contribution in [0.5, 0.6) is 0 Å². The first-order valence-electron chi connectivity index (χ1n) is 4.76. The van der Waals surface area contributed by atoms with E-state index in [9.17, 15) is 14.9 Å². The molecular formula is C8H8N6O4. The van der Waals surface area contributed by atoms with Crippen molar-refractivity contribution in [3.8, 4) is 0 Å². The highest BCUT2D eigenvalue weighted by Gasteiger charge is 2.14. The van der Waals surface area contributed by atoms with Gasteiger partial charge in [0.1, 0.15) is 0 Å². The van der Waals surface area contributed by atoms with Crippen LogP contribution < -0.4 is 0 Å². The molecule has 0 atom stereocenters. The van der Waals surface area contributed by atoms with Crippen LogP contribution in [-0.2, 0) is 11.4 Å². The number of hydrogen-bond donors (Lipinski definition) is 0. The second-order valence-electron chi connectivity index (χ2n) is 3.21. The summed E-state index contributed by atoms with van der Waals surface area (Å²) in [5.74, 6) is -1.05. The fourth-order valence-electron chi connectivity index (χ4n) is 1.24. The summed E-state index contributed by atoms with van der Waals surface area (Å²) in [5, 5.41) is 17.9. The highest BCUT2D eigenvalue weighted by atomic mass is 16.6. The molecule has 0 spiro atoms.